The molecule has 1 heterocycles. The van der Waals surface area contributed by atoms with Crippen LogP contribution in [0, 0.1) is 0 Å². The first kappa shape index (κ1) is 23.1. The topological polar surface area (TPSA) is 39.4 Å². The Labute approximate surface area is 185 Å². The average Bonchev–Trinajstić information content (AvgIpc) is 3.18. The van der Waals surface area contributed by atoms with E-state index in [1.807, 2.05) is 54.6 Å². The fraction of sp³-hybridized carbons (Fsp3) is 0.320. The molecule has 2 aromatic carbocycles. The standard InChI is InChI=1S/C25H26F2O3S/c1-18(2)24(28)29-14-6-12-25(26,27)13-7-15-31-21-11-10-20-16-22(30-23(20)17-21)19-8-4-3-5-9-19/h3-5,8-11,16-17H,1,6-7,12-15H2,2H3. The van der Waals surface area contributed by atoms with Crippen molar-refractivity contribution >= 4 is 28.7 Å². The second-order valence-corrected chi connectivity index (χ2v) is 8.67. The third-order valence-electron chi connectivity index (χ3n) is 4.77. The van der Waals surface area contributed by atoms with Gasteiger partial charge in [-0.15, -0.1) is 11.8 Å². The van der Waals surface area contributed by atoms with Gasteiger partial charge in [0, 0.05) is 34.3 Å². The largest absolute Gasteiger partial charge is 0.462 e. The Bertz CT molecular complexity index is 1030. The molecule has 31 heavy (non-hydrogen) atoms. The molecule has 0 saturated carbocycles. The monoisotopic (exact) mass is 444 g/mol. The second-order valence-electron chi connectivity index (χ2n) is 7.50. The molecule has 0 N–H and O–H groups in total. The van der Waals surface area contributed by atoms with Gasteiger partial charge in [-0.1, -0.05) is 36.9 Å². The minimum Gasteiger partial charge on any atom is -0.462 e. The number of thioether (sulfide) groups is 1. The van der Waals surface area contributed by atoms with Crippen LogP contribution in [0.15, 0.2) is 76.1 Å². The number of ether oxygens (including phenoxy) is 1. The van der Waals surface area contributed by atoms with Crippen molar-refractivity contribution in [2.45, 2.75) is 43.4 Å². The van der Waals surface area contributed by atoms with Crippen molar-refractivity contribution in [1.29, 1.82) is 0 Å². The smallest absolute Gasteiger partial charge is 0.333 e. The van der Waals surface area contributed by atoms with Crippen LogP contribution < -0.4 is 0 Å². The van der Waals surface area contributed by atoms with Crippen LogP contribution in [0.2, 0.25) is 0 Å². The molecule has 3 aromatic rings. The van der Waals surface area contributed by atoms with Gasteiger partial charge in [0.15, 0.2) is 0 Å². The molecule has 0 aliphatic carbocycles. The molecule has 0 aliphatic heterocycles. The van der Waals surface area contributed by atoms with E-state index in [4.69, 9.17) is 9.15 Å². The number of furan rings is 1. The maximum atomic E-state index is 14.0. The number of benzene rings is 2. The molecule has 3 rings (SSSR count). The summed E-state index contributed by atoms with van der Waals surface area (Å²) < 4.78 is 38.9. The molecule has 164 valence electrons. The first-order valence-electron chi connectivity index (χ1n) is 10.3. The summed E-state index contributed by atoms with van der Waals surface area (Å²) in [7, 11) is 0. The molecular weight excluding hydrogens is 418 g/mol. The summed E-state index contributed by atoms with van der Waals surface area (Å²) in [6.45, 7) is 4.98. The van der Waals surface area contributed by atoms with Crippen molar-refractivity contribution in [2.24, 2.45) is 0 Å². The van der Waals surface area contributed by atoms with Crippen LogP contribution in [-0.4, -0.2) is 24.3 Å². The number of rotatable bonds is 11. The molecule has 0 amide bonds. The fourth-order valence-corrected chi connectivity index (χ4v) is 3.99. The Hall–Kier alpha value is -2.60. The van der Waals surface area contributed by atoms with Gasteiger partial charge in [0.05, 0.1) is 6.61 Å². The Morgan fingerprint density at radius 2 is 1.84 bits per heavy atom. The van der Waals surface area contributed by atoms with E-state index < -0.39 is 11.9 Å². The molecule has 0 fully saturated rings. The van der Waals surface area contributed by atoms with Crippen molar-refractivity contribution in [1.82, 2.24) is 0 Å². The number of carbonyl (C=O) groups is 1. The minimum absolute atomic E-state index is 0.00976. The van der Waals surface area contributed by atoms with Gasteiger partial charge in [-0.05, 0) is 49.8 Å². The summed E-state index contributed by atoms with van der Waals surface area (Å²) in [6, 6.07) is 17.8. The van der Waals surface area contributed by atoms with Crippen LogP contribution in [0.1, 0.15) is 32.6 Å². The highest BCUT2D eigenvalue weighted by Gasteiger charge is 2.27. The van der Waals surface area contributed by atoms with E-state index >= 15 is 0 Å². The van der Waals surface area contributed by atoms with Crippen LogP contribution in [0.5, 0.6) is 0 Å². The molecule has 0 aliphatic rings. The lowest BCUT2D eigenvalue weighted by atomic mass is 10.1. The summed E-state index contributed by atoms with van der Waals surface area (Å²) in [4.78, 5) is 12.2. The number of esters is 1. The molecule has 6 heteroatoms. The highest BCUT2D eigenvalue weighted by molar-refractivity contribution is 7.99. The summed E-state index contributed by atoms with van der Waals surface area (Å²) >= 11 is 1.54. The van der Waals surface area contributed by atoms with E-state index in [0.29, 0.717) is 12.2 Å². The van der Waals surface area contributed by atoms with Crippen molar-refractivity contribution < 1.29 is 22.7 Å². The first-order valence-corrected chi connectivity index (χ1v) is 11.2. The van der Waals surface area contributed by atoms with Crippen molar-refractivity contribution in [3.05, 3.63) is 66.7 Å². The third-order valence-corrected chi connectivity index (χ3v) is 5.85. The van der Waals surface area contributed by atoms with E-state index in [1.165, 1.54) is 6.92 Å². The summed E-state index contributed by atoms with van der Waals surface area (Å²) in [5.41, 5.74) is 2.08. The van der Waals surface area contributed by atoms with Gasteiger partial charge in [0.1, 0.15) is 11.3 Å². The normalized spacial score (nSPS) is 11.6. The van der Waals surface area contributed by atoms with Gasteiger partial charge in [0.2, 0.25) is 5.92 Å². The maximum absolute atomic E-state index is 14.0. The SMILES string of the molecule is C=C(C)C(=O)OCCCC(F)(F)CCCSc1ccc2cc(-c3ccccc3)oc2c1. The van der Waals surface area contributed by atoms with E-state index in [0.717, 1.165) is 27.2 Å². The van der Waals surface area contributed by atoms with E-state index in [9.17, 15) is 13.6 Å². The summed E-state index contributed by atoms with van der Waals surface area (Å²) in [5.74, 6) is -1.89. The Balaban J connectivity index is 1.43. The predicted octanol–water partition coefficient (Wildman–Crippen LogP) is 7.51. The first-order chi connectivity index (χ1) is 14.8. The van der Waals surface area contributed by atoms with E-state index in [2.05, 4.69) is 6.58 Å². The summed E-state index contributed by atoms with van der Waals surface area (Å²) in [5, 5.41) is 1.02. The number of fused-ring (bicyclic) bond motifs is 1. The van der Waals surface area contributed by atoms with Crippen LogP contribution in [0.4, 0.5) is 8.78 Å². The zero-order valence-electron chi connectivity index (χ0n) is 17.5. The molecule has 3 nitrogen and oxygen atoms in total. The van der Waals surface area contributed by atoms with Crippen LogP contribution in [-0.2, 0) is 9.53 Å². The van der Waals surface area contributed by atoms with Crippen molar-refractivity contribution in [3.8, 4) is 11.3 Å². The number of hydrogen-bond acceptors (Lipinski definition) is 4. The van der Waals surface area contributed by atoms with Crippen molar-refractivity contribution in [2.75, 3.05) is 12.4 Å². The fourth-order valence-electron chi connectivity index (χ4n) is 3.11. The van der Waals surface area contributed by atoms with Gasteiger partial charge >= 0.3 is 5.97 Å². The molecule has 0 radical (unpaired) electrons. The lowest BCUT2D eigenvalue weighted by Crippen LogP contribution is -2.17. The lowest BCUT2D eigenvalue weighted by Gasteiger charge is -2.16. The van der Waals surface area contributed by atoms with Gasteiger partial charge in [-0.25, -0.2) is 13.6 Å². The van der Waals surface area contributed by atoms with Crippen molar-refractivity contribution in [3.63, 3.8) is 0 Å². The number of alkyl halides is 2. The van der Waals surface area contributed by atoms with Crippen LogP contribution >= 0.6 is 11.8 Å². The zero-order valence-corrected chi connectivity index (χ0v) is 18.4. The number of carbonyl (C=O) groups excluding carboxylic acids is 1. The quantitative estimate of drug-likeness (QED) is 0.133. The maximum Gasteiger partial charge on any atom is 0.333 e. The van der Waals surface area contributed by atoms with Gasteiger partial charge < -0.3 is 9.15 Å². The van der Waals surface area contributed by atoms with Crippen LogP contribution in [0.25, 0.3) is 22.3 Å². The average molecular weight is 445 g/mol. The molecule has 1 aromatic heterocycles. The molecule has 0 atom stereocenters. The zero-order chi connectivity index (χ0) is 22.3. The highest BCUT2D eigenvalue weighted by Crippen LogP contribution is 2.32. The van der Waals surface area contributed by atoms with Crippen LogP contribution in [0.3, 0.4) is 0 Å². The second kappa shape index (κ2) is 10.6. The Kier molecular flexibility index (Phi) is 7.91. The lowest BCUT2D eigenvalue weighted by molar-refractivity contribution is -0.139. The molecule has 0 bridgehead atoms. The van der Waals surface area contributed by atoms with Gasteiger partial charge in [-0.3, -0.25) is 0 Å². The Morgan fingerprint density at radius 3 is 2.58 bits per heavy atom. The third kappa shape index (κ3) is 6.96. The molecule has 0 saturated heterocycles. The van der Waals surface area contributed by atoms with E-state index in [-0.39, 0.29) is 31.4 Å². The minimum atomic E-state index is -2.76. The summed E-state index contributed by atoms with van der Waals surface area (Å²) in [6.07, 6.45) is 0.0596. The van der Waals surface area contributed by atoms with Gasteiger partial charge in [0.25, 0.3) is 0 Å². The number of hydrogen-bond donors (Lipinski definition) is 0. The molecular formula is C25H26F2O3S. The van der Waals surface area contributed by atoms with Gasteiger partial charge in [-0.2, -0.15) is 0 Å². The Morgan fingerprint density at radius 1 is 1.10 bits per heavy atom. The molecule has 0 unspecified atom stereocenters. The molecule has 0 spiro atoms. The number of halogens is 2. The highest BCUT2D eigenvalue weighted by atomic mass is 32.2. The predicted molar refractivity (Wildman–Crippen MR) is 122 cm³/mol. The van der Waals surface area contributed by atoms with E-state index in [1.54, 1.807) is 11.8 Å².